The predicted molar refractivity (Wildman–Crippen MR) is 52.2 cm³/mol. The summed E-state index contributed by atoms with van der Waals surface area (Å²) in [6.45, 7) is 1.83. The van der Waals surface area contributed by atoms with Crippen LogP contribution in [-0.4, -0.2) is 4.98 Å². The number of halogens is 2. The van der Waals surface area contributed by atoms with Crippen LogP contribution < -0.4 is 0 Å². The van der Waals surface area contributed by atoms with Crippen molar-refractivity contribution in [2.24, 2.45) is 0 Å². The molecule has 1 aromatic carbocycles. The van der Waals surface area contributed by atoms with Gasteiger partial charge in [-0.2, -0.15) is 0 Å². The maximum Gasteiger partial charge on any atom is 0.132 e. The van der Waals surface area contributed by atoms with Gasteiger partial charge < -0.3 is 0 Å². The van der Waals surface area contributed by atoms with Crippen LogP contribution in [-0.2, 0) is 0 Å². The minimum Gasteiger partial charge on any atom is -0.244 e. The van der Waals surface area contributed by atoms with Gasteiger partial charge >= 0.3 is 0 Å². The summed E-state index contributed by atoms with van der Waals surface area (Å²) in [5.74, 6) is -0.894. The van der Waals surface area contributed by atoms with E-state index in [9.17, 15) is 8.78 Å². The predicted octanol–water partition coefficient (Wildman–Crippen LogP) is 3.40. The summed E-state index contributed by atoms with van der Waals surface area (Å²) in [6.07, 6.45) is 0. The third kappa shape index (κ3) is 1.53. The molecule has 14 heavy (non-hydrogen) atoms. The average molecular weight is 211 g/mol. The molecule has 0 N–H and O–H groups in total. The van der Waals surface area contributed by atoms with Crippen molar-refractivity contribution < 1.29 is 8.78 Å². The van der Waals surface area contributed by atoms with Crippen LogP contribution in [0.1, 0.15) is 4.88 Å². The quantitative estimate of drug-likeness (QED) is 0.704. The highest BCUT2D eigenvalue weighted by Crippen LogP contribution is 2.27. The van der Waals surface area contributed by atoms with E-state index >= 15 is 0 Å². The first kappa shape index (κ1) is 9.27. The molecule has 1 heterocycles. The first-order chi connectivity index (χ1) is 6.68. The van der Waals surface area contributed by atoms with Crippen LogP contribution >= 0.6 is 11.3 Å². The van der Waals surface area contributed by atoms with Gasteiger partial charge in [0.05, 0.1) is 11.2 Å². The molecular weight excluding hydrogens is 204 g/mol. The van der Waals surface area contributed by atoms with Crippen LogP contribution in [0.5, 0.6) is 0 Å². The molecule has 0 spiro atoms. The molecule has 0 amide bonds. The van der Waals surface area contributed by atoms with Crippen molar-refractivity contribution in [1.29, 1.82) is 0 Å². The number of aryl methyl sites for hydroxylation is 1. The number of rotatable bonds is 1. The molecule has 0 aliphatic heterocycles. The Morgan fingerprint density at radius 1 is 1.29 bits per heavy atom. The average Bonchev–Trinajstić information content (AvgIpc) is 2.56. The van der Waals surface area contributed by atoms with Gasteiger partial charge in [-0.15, -0.1) is 11.3 Å². The van der Waals surface area contributed by atoms with Gasteiger partial charge in [0.1, 0.15) is 11.6 Å². The first-order valence-corrected chi connectivity index (χ1v) is 4.92. The lowest BCUT2D eigenvalue weighted by Crippen LogP contribution is -1.87. The van der Waals surface area contributed by atoms with E-state index in [0.29, 0.717) is 5.69 Å². The Balaban J connectivity index is 2.62. The standard InChI is InChI=1S/C10H7F2NS/c1-6-10(13-5-14-6)8-4-7(11)2-3-9(8)12/h2-5H,1H3. The Bertz CT molecular complexity index is 465. The number of hydrogen-bond acceptors (Lipinski definition) is 2. The normalized spacial score (nSPS) is 10.5. The second kappa shape index (κ2) is 3.46. The van der Waals surface area contributed by atoms with Crippen LogP contribution in [0, 0.1) is 18.6 Å². The topological polar surface area (TPSA) is 12.9 Å². The molecule has 4 heteroatoms. The van der Waals surface area contributed by atoms with Crippen molar-refractivity contribution in [3.63, 3.8) is 0 Å². The van der Waals surface area contributed by atoms with Crippen molar-refractivity contribution >= 4 is 11.3 Å². The lowest BCUT2D eigenvalue weighted by atomic mass is 10.1. The Morgan fingerprint density at radius 3 is 2.71 bits per heavy atom. The molecule has 0 saturated heterocycles. The second-order valence-electron chi connectivity index (χ2n) is 2.88. The van der Waals surface area contributed by atoms with Gasteiger partial charge in [-0.1, -0.05) is 0 Å². The third-order valence-corrected chi connectivity index (χ3v) is 2.69. The van der Waals surface area contributed by atoms with E-state index in [1.54, 1.807) is 5.51 Å². The molecule has 0 atom stereocenters. The van der Waals surface area contributed by atoms with Gasteiger partial charge in [-0.05, 0) is 25.1 Å². The first-order valence-electron chi connectivity index (χ1n) is 4.04. The largest absolute Gasteiger partial charge is 0.244 e. The molecule has 0 radical (unpaired) electrons. The molecule has 2 aromatic rings. The van der Waals surface area contributed by atoms with E-state index in [-0.39, 0.29) is 5.56 Å². The number of nitrogens with zero attached hydrogens (tertiary/aromatic N) is 1. The molecule has 1 aromatic heterocycles. The zero-order valence-corrected chi connectivity index (χ0v) is 8.24. The van der Waals surface area contributed by atoms with Gasteiger partial charge in [0.15, 0.2) is 0 Å². The number of aromatic nitrogens is 1. The molecule has 0 bridgehead atoms. The summed E-state index contributed by atoms with van der Waals surface area (Å²) in [4.78, 5) is 4.88. The molecule has 0 fully saturated rings. The number of hydrogen-bond donors (Lipinski definition) is 0. The van der Waals surface area contributed by atoms with E-state index in [0.717, 1.165) is 23.1 Å². The van der Waals surface area contributed by atoms with Gasteiger partial charge in [-0.3, -0.25) is 0 Å². The van der Waals surface area contributed by atoms with Crippen LogP contribution in [0.3, 0.4) is 0 Å². The van der Waals surface area contributed by atoms with Crippen LogP contribution in [0.2, 0.25) is 0 Å². The fourth-order valence-corrected chi connectivity index (χ4v) is 1.83. The second-order valence-corrected chi connectivity index (χ2v) is 3.94. The molecule has 72 valence electrons. The third-order valence-electron chi connectivity index (χ3n) is 1.93. The van der Waals surface area contributed by atoms with E-state index in [1.807, 2.05) is 6.92 Å². The van der Waals surface area contributed by atoms with Crippen LogP contribution in [0.15, 0.2) is 23.7 Å². The highest BCUT2D eigenvalue weighted by molar-refractivity contribution is 7.10. The lowest BCUT2D eigenvalue weighted by Gasteiger charge is -2.00. The lowest BCUT2D eigenvalue weighted by molar-refractivity contribution is 0.602. The fraction of sp³-hybridized carbons (Fsp3) is 0.100. The summed E-state index contributed by atoms with van der Waals surface area (Å²) in [5.41, 5.74) is 2.37. The molecule has 2 rings (SSSR count). The molecule has 0 unspecified atom stereocenters. The minimum absolute atomic E-state index is 0.226. The molecule has 0 saturated carbocycles. The van der Waals surface area contributed by atoms with E-state index in [4.69, 9.17) is 0 Å². The monoisotopic (exact) mass is 211 g/mol. The highest BCUT2D eigenvalue weighted by Gasteiger charge is 2.10. The van der Waals surface area contributed by atoms with Gasteiger partial charge in [0.25, 0.3) is 0 Å². The van der Waals surface area contributed by atoms with E-state index < -0.39 is 11.6 Å². The van der Waals surface area contributed by atoms with Gasteiger partial charge in [-0.25, -0.2) is 13.8 Å². The molecular formula is C10H7F2NS. The summed E-state index contributed by atoms with van der Waals surface area (Å²) in [5, 5.41) is 0. The van der Waals surface area contributed by atoms with Crippen molar-refractivity contribution in [2.75, 3.05) is 0 Å². The molecule has 1 nitrogen and oxygen atoms in total. The molecule has 0 aliphatic rings. The summed E-state index contributed by atoms with van der Waals surface area (Å²) < 4.78 is 26.2. The summed E-state index contributed by atoms with van der Waals surface area (Å²) >= 11 is 1.41. The van der Waals surface area contributed by atoms with Crippen LogP contribution in [0.25, 0.3) is 11.3 Å². The Kier molecular flexibility index (Phi) is 2.29. The van der Waals surface area contributed by atoms with Crippen molar-refractivity contribution in [3.8, 4) is 11.3 Å². The zero-order valence-electron chi connectivity index (χ0n) is 7.42. The zero-order chi connectivity index (χ0) is 10.1. The highest BCUT2D eigenvalue weighted by atomic mass is 32.1. The number of thiazole rings is 1. The minimum atomic E-state index is -0.450. The Labute approximate surface area is 84.0 Å². The van der Waals surface area contributed by atoms with Crippen molar-refractivity contribution in [3.05, 3.63) is 40.2 Å². The summed E-state index contributed by atoms with van der Waals surface area (Å²) in [7, 11) is 0. The Morgan fingerprint density at radius 2 is 2.07 bits per heavy atom. The van der Waals surface area contributed by atoms with Crippen molar-refractivity contribution in [1.82, 2.24) is 4.98 Å². The fourth-order valence-electron chi connectivity index (χ4n) is 1.24. The van der Waals surface area contributed by atoms with E-state index in [1.165, 1.54) is 11.3 Å². The summed E-state index contributed by atoms with van der Waals surface area (Å²) in [6, 6.07) is 3.38. The van der Waals surface area contributed by atoms with Gasteiger partial charge in [0.2, 0.25) is 0 Å². The molecule has 0 aliphatic carbocycles. The van der Waals surface area contributed by atoms with Crippen LogP contribution in [0.4, 0.5) is 8.78 Å². The smallest absolute Gasteiger partial charge is 0.132 e. The van der Waals surface area contributed by atoms with E-state index in [2.05, 4.69) is 4.98 Å². The van der Waals surface area contributed by atoms with Crippen molar-refractivity contribution in [2.45, 2.75) is 6.92 Å². The van der Waals surface area contributed by atoms with Gasteiger partial charge in [0, 0.05) is 10.4 Å². The maximum absolute atomic E-state index is 13.3. The Hall–Kier alpha value is -1.29. The maximum atomic E-state index is 13.3. The SMILES string of the molecule is Cc1scnc1-c1cc(F)ccc1F. The number of benzene rings is 1.